The Morgan fingerprint density at radius 3 is 2.36 bits per heavy atom. The molecule has 33 heavy (non-hydrogen) atoms. The van der Waals surface area contributed by atoms with Crippen molar-refractivity contribution >= 4 is 5.82 Å². The second-order valence-electron chi connectivity index (χ2n) is 7.12. The van der Waals surface area contributed by atoms with Gasteiger partial charge in [0.25, 0.3) is 0 Å². The standard InChI is InChI=1S/C21H11F3N8.Pt/c1-21(2,15-8-12(22)9-18(27-15)31-7-5-17(26-3)30-31)16-10-14(23)19(24)20(28-16)32-6-4-13(11-25)29-32;/h4-5,8-10H,1-2H3;/q-2;+2. The zero-order valence-electron chi connectivity index (χ0n) is 16.9. The number of rotatable bonds is 4. The summed E-state index contributed by atoms with van der Waals surface area (Å²) in [5, 5.41) is 16.6. The van der Waals surface area contributed by atoms with E-state index in [0.717, 1.165) is 27.6 Å². The molecule has 0 unspecified atom stereocenters. The Balaban J connectivity index is 0.00000306. The van der Waals surface area contributed by atoms with Crippen molar-refractivity contribution < 1.29 is 34.2 Å². The van der Waals surface area contributed by atoms with Gasteiger partial charge in [-0.25, -0.2) is 28.2 Å². The summed E-state index contributed by atoms with van der Waals surface area (Å²) in [6, 6.07) is 7.42. The third-order valence-corrected chi connectivity index (χ3v) is 4.65. The van der Waals surface area contributed by atoms with Gasteiger partial charge in [0.1, 0.15) is 11.6 Å². The van der Waals surface area contributed by atoms with Crippen LogP contribution in [0, 0.1) is 47.7 Å². The second-order valence-corrected chi connectivity index (χ2v) is 7.12. The van der Waals surface area contributed by atoms with Gasteiger partial charge < -0.3 is 9.53 Å². The third-order valence-electron chi connectivity index (χ3n) is 4.65. The van der Waals surface area contributed by atoms with Crippen LogP contribution in [-0.2, 0) is 26.5 Å². The predicted octanol–water partition coefficient (Wildman–Crippen LogP) is 3.61. The number of nitriles is 1. The van der Waals surface area contributed by atoms with Gasteiger partial charge in [-0.1, -0.05) is 12.8 Å². The van der Waals surface area contributed by atoms with Crippen LogP contribution in [0.2, 0.25) is 0 Å². The molecule has 0 aliphatic heterocycles. The van der Waals surface area contributed by atoms with Crippen molar-refractivity contribution in [2.45, 2.75) is 19.3 Å². The van der Waals surface area contributed by atoms with E-state index in [-0.39, 0.29) is 49.8 Å². The van der Waals surface area contributed by atoms with Gasteiger partial charge in [0, 0.05) is 16.8 Å². The predicted molar refractivity (Wildman–Crippen MR) is 103 cm³/mol. The zero-order valence-corrected chi connectivity index (χ0v) is 19.2. The van der Waals surface area contributed by atoms with Gasteiger partial charge in [-0.15, -0.1) is 6.07 Å². The van der Waals surface area contributed by atoms with Crippen LogP contribution in [-0.4, -0.2) is 29.5 Å². The molecule has 0 aliphatic carbocycles. The fraction of sp³-hybridized carbons (Fsp3) is 0.143. The average Bonchev–Trinajstić information content (AvgIpc) is 3.44. The van der Waals surface area contributed by atoms with E-state index in [1.54, 1.807) is 19.9 Å². The van der Waals surface area contributed by atoms with Crippen LogP contribution in [0.5, 0.6) is 0 Å². The van der Waals surface area contributed by atoms with Crippen molar-refractivity contribution in [2.75, 3.05) is 0 Å². The molecule has 0 N–H and O–H groups in total. The molecule has 0 saturated carbocycles. The number of nitrogens with zero attached hydrogens (tertiary/aromatic N) is 8. The molecule has 0 bridgehead atoms. The van der Waals surface area contributed by atoms with E-state index in [4.69, 9.17) is 11.8 Å². The van der Waals surface area contributed by atoms with E-state index in [1.165, 1.54) is 12.1 Å². The molecule has 4 aromatic rings. The minimum absolute atomic E-state index is 0. The quantitative estimate of drug-likeness (QED) is 0.323. The first-order chi connectivity index (χ1) is 15.2. The molecule has 4 heterocycles. The Hall–Kier alpha value is -3.82. The van der Waals surface area contributed by atoms with Gasteiger partial charge in [0.2, 0.25) is 0 Å². The Labute approximate surface area is 200 Å². The van der Waals surface area contributed by atoms with Crippen molar-refractivity contribution in [3.8, 4) is 17.7 Å². The van der Waals surface area contributed by atoms with Crippen molar-refractivity contribution in [1.29, 1.82) is 5.26 Å². The molecule has 0 amide bonds. The van der Waals surface area contributed by atoms with Gasteiger partial charge in [-0.2, -0.15) is 0 Å². The largest absolute Gasteiger partial charge is 2.00 e. The second kappa shape index (κ2) is 8.97. The van der Waals surface area contributed by atoms with Crippen molar-refractivity contribution in [2.24, 2.45) is 0 Å². The van der Waals surface area contributed by atoms with Crippen molar-refractivity contribution in [3.05, 3.63) is 88.7 Å². The van der Waals surface area contributed by atoms with E-state index in [0.29, 0.717) is 0 Å². The fourth-order valence-corrected chi connectivity index (χ4v) is 2.89. The first-order valence-electron chi connectivity index (χ1n) is 9.01. The Morgan fingerprint density at radius 1 is 1.03 bits per heavy atom. The number of hydrogen-bond donors (Lipinski definition) is 0. The zero-order chi connectivity index (χ0) is 23.0. The van der Waals surface area contributed by atoms with Crippen LogP contribution in [0.25, 0.3) is 16.5 Å². The monoisotopic (exact) mass is 627 g/mol. The summed E-state index contributed by atoms with van der Waals surface area (Å²) in [5.41, 5.74) is -1.07. The summed E-state index contributed by atoms with van der Waals surface area (Å²) in [4.78, 5) is 11.7. The molecule has 12 heteroatoms. The fourth-order valence-electron chi connectivity index (χ4n) is 2.89. The molecule has 0 fully saturated rings. The van der Waals surface area contributed by atoms with E-state index in [2.05, 4.69) is 37.4 Å². The van der Waals surface area contributed by atoms with Crippen LogP contribution in [0.4, 0.5) is 19.0 Å². The molecule has 0 spiro atoms. The van der Waals surface area contributed by atoms with Crippen LogP contribution in [0.15, 0.2) is 30.3 Å². The maximum atomic E-state index is 14.4. The van der Waals surface area contributed by atoms with Gasteiger partial charge in [-0.3, -0.25) is 9.97 Å². The molecule has 4 rings (SSSR count). The molecule has 0 saturated heterocycles. The van der Waals surface area contributed by atoms with Crippen LogP contribution >= 0.6 is 0 Å². The first-order valence-corrected chi connectivity index (χ1v) is 9.01. The van der Waals surface area contributed by atoms with E-state index in [9.17, 15) is 13.2 Å². The average molecular weight is 627 g/mol. The molecular weight excluding hydrogens is 616 g/mol. The molecule has 166 valence electrons. The molecule has 0 atom stereocenters. The molecule has 4 aromatic heterocycles. The van der Waals surface area contributed by atoms with Gasteiger partial charge in [0.15, 0.2) is 5.82 Å². The van der Waals surface area contributed by atoms with Crippen molar-refractivity contribution in [3.63, 3.8) is 0 Å². The molecule has 0 radical (unpaired) electrons. The minimum atomic E-state index is -1.28. The van der Waals surface area contributed by atoms with E-state index < -0.39 is 28.7 Å². The first kappa shape index (κ1) is 23.8. The van der Waals surface area contributed by atoms with Crippen LogP contribution in [0.1, 0.15) is 30.9 Å². The Bertz CT molecular complexity index is 1430. The Kier molecular flexibility index (Phi) is 6.48. The van der Waals surface area contributed by atoms with Gasteiger partial charge in [-0.05, 0) is 49.4 Å². The maximum Gasteiger partial charge on any atom is 2.00 e. The molecule has 8 nitrogen and oxygen atoms in total. The van der Waals surface area contributed by atoms with Gasteiger partial charge in [0.05, 0.1) is 23.4 Å². The van der Waals surface area contributed by atoms with Gasteiger partial charge >= 0.3 is 26.9 Å². The number of halogens is 3. The van der Waals surface area contributed by atoms with Crippen LogP contribution in [0.3, 0.4) is 0 Å². The molecule has 0 aromatic carbocycles. The number of pyridine rings is 2. The number of hydrogen-bond acceptors (Lipinski definition) is 5. The molecular formula is C21H11F3N8Pt. The van der Waals surface area contributed by atoms with E-state index >= 15 is 0 Å². The van der Waals surface area contributed by atoms with E-state index in [1.807, 2.05) is 0 Å². The topological polar surface area (TPSA) is 89.6 Å². The summed E-state index contributed by atoms with van der Waals surface area (Å²) in [7, 11) is 0. The summed E-state index contributed by atoms with van der Waals surface area (Å²) in [5.74, 6) is -3.55. The number of aromatic nitrogens is 6. The summed E-state index contributed by atoms with van der Waals surface area (Å²) >= 11 is 0. The molecule has 0 aliphatic rings. The minimum Gasteiger partial charge on any atom is -0.340 e. The summed E-state index contributed by atoms with van der Waals surface area (Å²) in [6.45, 7) is 10.2. The smallest absolute Gasteiger partial charge is 0.340 e. The van der Waals surface area contributed by atoms with Crippen LogP contribution < -0.4 is 0 Å². The van der Waals surface area contributed by atoms with Crippen molar-refractivity contribution in [1.82, 2.24) is 29.5 Å². The summed E-state index contributed by atoms with van der Waals surface area (Å²) < 4.78 is 45.2. The maximum absolute atomic E-state index is 14.4. The Morgan fingerprint density at radius 2 is 1.73 bits per heavy atom. The summed E-state index contributed by atoms with van der Waals surface area (Å²) in [6.07, 6.45) is 5.17. The third kappa shape index (κ3) is 4.41. The normalized spacial score (nSPS) is 10.9. The SMILES string of the molecule is [C-]#[N+]c1c[c-]n(-c2cc(F)cc(C(C)(C)c3cc(F)c(F)c(-n4[c-]cc(C#N)n4)n3)n2)n1.[Pt+2].